The van der Waals surface area contributed by atoms with Crippen LogP contribution in [-0.2, 0) is 17.3 Å². The largest absolute Gasteiger partial charge is 0.456 e. The van der Waals surface area contributed by atoms with Gasteiger partial charge >= 0.3 is 0 Å². The first kappa shape index (κ1) is 30.2. The molecule has 0 radical (unpaired) electrons. The van der Waals surface area contributed by atoms with Gasteiger partial charge in [-0.3, -0.25) is 0 Å². The Bertz CT molecular complexity index is 2560. The Balaban J connectivity index is 1.14. The number of hydrogen-bond donors (Lipinski definition) is 0. The average Bonchev–Trinajstić information content (AvgIpc) is 3.72. The van der Waals surface area contributed by atoms with Crippen LogP contribution >= 0.6 is 0 Å². The summed E-state index contributed by atoms with van der Waals surface area (Å²) in [6.07, 6.45) is 1.00. The van der Waals surface area contributed by atoms with Crippen LogP contribution in [0.3, 0.4) is 0 Å². The van der Waals surface area contributed by atoms with Gasteiger partial charge in [-0.25, -0.2) is 0 Å². The highest BCUT2D eigenvalue weighted by atomic mass is 16.3. The molecule has 3 aliphatic rings. The first-order chi connectivity index (χ1) is 24.7. The second-order valence-electron chi connectivity index (χ2n) is 15.8. The molecule has 0 aliphatic heterocycles. The first-order valence-corrected chi connectivity index (χ1v) is 18.3. The molecule has 7 aromatic rings. The van der Waals surface area contributed by atoms with E-state index in [-0.39, 0.29) is 10.8 Å². The summed E-state index contributed by atoms with van der Waals surface area (Å²) in [5, 5.41) is 1.25. The Labute approximate surface area is 300 Å². The molecule has 51 heavy (non-hydrogen) atoms. The molecule has 1 atom stereocenters. The number of benzene rings is 6. The maximum Gasteiger partial charge on any atom is 0.139 e. The molecule has 0 saturated heterocycles. The van der Waals surface area contributed by atoms with Crippen LogP contribution in [0.2, 0.25) is 0 Å². The zero-order valence-corrected chi connectivity index (χ0v) is 29.9. The molecule has 2 nitrogen and oxygen atoms in total. The van der Waals surface area contributed by atoms with Gasteiger partial charge in [0.2, 0.25) is 0 Å². The molecule has 1 aromatic heterocycles. The number of nitrogens with zero attached hydrogens (tertiary/aromatic N) is 1. The van der Waals surface area contributed by atoms with E-state index in [9.17, 15) is 0 Å². The lowest BCUT2D eigenvalue weighted by molar-refractivity contribution is 0.509. The van der Waals surface area contributed by atoms with E-state index < -0.39 is 0 Å². The predicted octanol–water partition coefficient (Wildman–Crippen LogP) is 13.2. The second-order valence-corrected chi connectivity index (χ2v) is 15.8. The van der Waals surface area contributed by atoms with Crippen molar-refractivity contribution in [2.24, 2.45) is 5.92 Å². The summed E-state index contributed by atoms with van der Waals surface area (Å²) in [6.45, 7) is 12.0. The summed E-state index contributed by atoms with van der Waals surface area (Å²) in [7, 11) is 0. The van der Waals surface area contributed by atoms with E-state index in [1.54, 1.807) is 0 Å². The van der Waals surface area contributed by atoms with Gasteiger partial charge in [-0.2, -0.15) is 0 Å². The Morgan fingerprint density at radius 2 is 1.14 bits per heavy atom. The molecule has 0 saturated carbocycles. The van der Waals surface area contributed by atoms with Gasteiger partial charge in [0.1, 0.15) is 11.3 Å². The number of allylic oxidation sites excluding steroid dienone is 1. The molecule has 0 N–H and O–H groups in total. The van der Waals surface area contributed by atoms with Crippen molar-refractivity contribution in [2.75, 3.05) is 4.90 Å². The van der Waals surface area contributed by atoms with Crippen molar-refractivity contribution in [3.8, 4) is 22.3 Å². The fourth-order valence-corrected chi connectivity index (χ4v) is 9.74. The van der Waals surface area contributed by atoms with E-state index in [0.29, 0.717) is 5.92 Å². The summed E-state index contributed by atoms with van der Waals surface area (Å²) < 4.78 is 6.69. The van der Waals surface area contributed by atoms with E-state index in [1.165, 1.54) is 78.0 Å². The highest BCUT2D eigenvalue weighted by molar-refractivity contribution is 5.97. The summed E-state index contributed by atoms with van der Waals surface area (Å²) in [6, 6.07) is 51.4. The standard InChI is InChI=1S/C49H41NO/c1-30-27-40-38-16-10-12-18-44(38)51-47(40)45-39-26-24-35(29-43(39)49(4,5)46(30)45)50(33-21-19-32(20-22-33)31-13-7-6-8-14-31)34-23-25-37-36-15-9-11-17-41(36)48(2,3)42(37)28-34/h6-26,28-30H,27H2,1-5H3. The van der Waals surface area contributed by atoms with Crippen molar-refractivity contribution in [1.29, 1.82) is 0 Å². The molecule has 1 unspecified atom stereocenters. The quantitative estimate of drug-likeness (QED) is 0.187. The molecular formula is C49H41NO. The minimum Gasteiger partial charge on any atom is -0.456 e. The molecule has 6 aromatic carbocycles. The molecule has 0 bridgehead atoms. The van der Waals surface area contributed by atoms with Crippen LogP contribution in [0.15, 0.2) is 150 Å². The van der Waals surface area contributed by atoms with Crippen LogP contribution in [0.1, 0.15) is 68.2 Å². The van der Waals surface area contributed by atoms with E-state index in [4.69, 9.17) is 4.42 Å². The van der Waals surface area contributed by atoms with Crippen molar-refractivity contribution in [3.63, 3.8) is 0 Å². The van der Waals surface area contributed by atoms with Crippen LogP contribution in [0.5, 0.6) is 0 Å². The van der Waals surface area contributed by atoms with Crippen LogP contribution in [0.4, 0.5) is 17.1 Å². The van der Waals surface area contributed by atoms with Crippen molar-refractivity contribution in [3.05, 3.63) is 179 Å². The van der Waals surface area contributed by atoms with Gasteiger partial charge in [0.15, 0.2) is 0 Å². The molecule has 1 heterocycles. The highest BCUT2D eigenvalue weighted by Gasteiger charge is 2.45. The highest BCUT2D eigenvalue weighted by Crippen LogP contribution is 2.57. The van der Waals surface area contributed by atoms with Crippen molar-refractivity contribution in [2.45, 2.75) is 51.9 Å². The zero-order valence-electron chi connectivity index (χ0n) is 29.9. The number of para-hydroxylation sites is 1. The normalized spacial score (nSPS) is 17.5. The monoisotopic (exact) mass is 659 g/mol. The summed E-state index contributed by atoms with van der Waals surface area (Å²) in [4.78, 5) is 2.46. The number of anilines is 3. The van der Waals surface area contributed by atoms with E-state index >= 15 is 0 Å². The molecule has 2 heteroatoms. The Hall–Kier alpha value is -5.60. The third-order valence-corrected chi connectivity index (χ3v) is 12.1. The third kappa shape index (κ3) is 4.29. The van der Waals surface area contributed by atoms with Gasteiger partial charge in [-0.1, -0.05) is 132 Å². The molecule has 0 fully saturated rings. The molecule has 0 amide bonds. The smallest absolute Gasteiger partial charge is 0.139 e. The predicted molar refractivity (Wildman–Crippen MR) is 212 cm³/mol. The van der Waals surface area contributed by atoms with Gasteiger partial charge in [0.05, 0.1) is 0 Å². The van der Waals surface area contributed by atoms with Crippen molar-refractivity contribution >= 4 is 33.6 Å². The van der Waals surface area contributed by atoms with Crippen LogP contribution in [0.25, 0.3) is 38.8 Å². The van der Waals surface area contributed by atoms with Crippen LogP contribution in [-0.4, -0.2) is 0 Å². The fourth-order valence-electron chi connectivity index (χ4n) is 9.74. The van der Waals surface area contributed by atoms with Gasteiger partial charge < -0.3 is 9.32 Å². The number of rotatable bonds is 4. The lowest BCUT2D eigenvalue weighted by atomic mass is 9.72. The third-order valence-electron chi connectivity index (χ3n) is 12.1. The SMILES string of the molecule is CC1Cc2c(oc3ccccc23)C2=C1C(C)(C)c1cc(N(c3ccc(-c4ccccc4)cc3)c3ccc4c(c3)C(C)(C)c3ccccc3-4)ccc12. The molecule has 248 valence electrons. The maximum absolute atomic E-state index is 6.69. The molecule has 3 aliphatic carbocycles. The number of hydrogen-bond acceptors (Lipinski definition) is 2. The maximum atomic E-state index is 6.69. The zero-order chi connectivity index (χ0) is 34.6. The molecule has 10 rings (SSSR count). The van der Waals surface area contributed by atoms with Crippen LogP contribution < -0.4 is 4.90 Å². The summed E-state index contributed by atoms with van der Waals surface area (Å²) >= 11 is 0. The number of fused-ring (bicyclic) bond motifs is 9. The van der Waals surface area contributed by atoms with E-state index in [1.807, 2.05) is 0 Å². The first-order valence-electron chi connectivity index (χ1n) is 18.3. The lowest BCUT2D eigenvalue weighted by Gasteiger charge is -2.32. The Morgan fingerprint density at radius 1 is 0.549 bits per heavy atom. The topological polar surface area (TPSA) is 16.4 Å². The number of furan rings is 1. The van der Waals surface area contributed by atoms with Gasteiger partial charge in [0.25, 0.3) is 0 Å². The van der Waals surface area contributed by atoms with Gasteiger partial charge in [0, 0.05) is 44.4 Å². The van der Waals surface area contributed by atoms with Crippen molar-refractivity contribution in [1.82, 2.24) is 0 Å². The van der Waals surface area contributed by atoms with Gasteiger partial charge in [-0.05, 0) is 105 Å². The average molecular weight is 660 g/mol. The second kappa shape index (κ2) is 10.7. The summed E-state index contributed by atoms with van der Waals surface area (Å²) in [5.41, 5.74) is 18.9. The van der Waals surface area contributed by atoms with E-state index in [2.05, 4.69) is 179 Å². The Morgan fingerprint density at radius 3 is 1.90 bits per heavy atom. The molecular weight excluding hydrogens is 619 g/mol. The van der Waals surface area contributed by atoms with E-state index in [0.717, 1.165) is 23.5 Å². The minimum absolute atomic E-state index is 0.0892. The molecule has 0 spiro atoms. The Kier molecular flexibility index (Phi) is 6.35. The summed E-state index contributed by atoms with van der Waals surface area (Å²) in [5.74, 6) is 1.49. The van der Waals surface area contributed by atoms with Crippen LogP contribution in [0, 0.1) is 5.92 Å². The van der Waals surface area contributed by atoms with Gasteiger partial charge in [-0.15, -0.1) is 0 Å². The fraction of sp³-hybridized carbons (Fsp3) is 0.184. The minimum atomic E-state index is -0.138. The van der Waals surface area contributed by atoms with Crippen molar-refractivity contribution < 1.29 is 4.42 Å². The lowest BCUT2D eigenvalue weighted by Crippen LogP contribution is -2.25.